The fourth-order valence-corrected chi connectivity index (χ4v) is 2.89. The molecular weight excluding hydrogens is 318 g/mol. The lowest BCUT2D eigenvalue weighted by Crippen LogP contribution is -2.24. The van der Waals surface area contributed by atoms with E-state index in [9.17, 15) is 14.9 Å². The Morgan fingerprint density at radius 2 is 1.92 bits per heavy atom. The number of hydrogen-bond donors (Lipinski definition) is 0. The number of aromatic nitrogens is 2. The second-order valence-corrected chi connectivity index (χ2v) is 5.92. The van der Waals surface area contributed by atoms with Crippen LogP contribution in [0.5, 0.6) is 0 Å². The summed E-state index contributed by atoms with van der Waals surface area (Å²) >= 11 is 0. The zero-order valence-electron chi connectivity index (χ0n) is 14.0. The van der Waals surface area contributed by atoms with Crippen LogP contribution in [0, 0.1) is 10.1 Å². The van der Waals surface area contributed by atoms with Gasteiger partial charge in [-0.2, -0.15) is 0 Å². The number of hydrogen-bond acceptors (Lipinski definition) is 4. The third kappa shape index (κ3) is 3.42. The maximum atomic E-state index is 13.0. The van der Waals surface area contributed by atoms with Crippen LogP contribution in [0.4, 0.5) is 5.69 Å². The zero-order valence-corrected chi connectivity index (χ0v) is 14.0. The van der Waals surface area contributed by atoms with Gasteiger partial charge in [0.2, 0.25) is 0 Å². The van der Waals surface area contributed by atoms with Gasteiger partial charge >= 0.3 is 0 Å². The first-order valence-corrected chi connectivity index (χ1v) is 8.37. The van der Waals surface area contributed by atoms with Crippen molar-refractivity contribution in [3.63, 3.8) is 0 Å². The first-order chi connectivity index (χ1) is 12.1. The van der Waals surface area contributed by atoms with Crippen LogP contribution in [0.15, 0.2) is 53.3 Å². The summed E-state index contributed by atoms with van der Waals surface area (Å²) in [4.78, 5) is 28.3. The molecule has 0 N–H and O–H groups in total. The highest BCUT2D eigenvalue weighted by molar-refractivity contribution is 5.77. The molecule has 0 bridgehead atoms. The number of fused-ring (bicyclic) bond motifs is 1. The van der Waals surface area contributed by atoms with Gasteiger partial charge in [-0.1, -0.05) is 38.0 Å². The fraction of sp³-hybridized carbons (Fsp3) is 0.263. The molecule has 6 heteroatoms. The van der Waals surface area contributed by atoms with Crippen molar-refractivity contribution in [1.82, 2.24) is 9.55 Å². The van der Waals surface area contributed by atoms with Crippen molar-refractivity contribution < 1.29 is 4.92 Å². The van der Waals surface area contributed by atoms with Crippen LogP contribution in [0.2, 0.25) is 0 Å². The number of nitro benzene ring substituents is 1. The summed E-state index contributed by atoms with van der Waals surface area (Å²) in [5, 5.41) is 11.6. The lowest BCUT2D eigenvalue weighted by molar-refractivity contribution is -0.384. The van der Waals surface area contributed by atoms with Crippen LogP contribution < -0.4 is 5.56 Å². The van der Waals surface area contributed by atoms with E-state index in [4.69, 9.17) is 0 Å². The van der Waals surface area contributed by atoms with E-state index in [0.717, 1.165) is 19.3 Å². The highest BCUT2D eigenvalue weighted by Crippen LogP contribution is 2.19. The summed E-state index contributed by atoms with van der Waals surface area (Å²) in [6.45, 7) is 2.11. The van der Waals surface area contributed by atoms with Crippen molar-refractivity contribution >= 4 is 16.6 Å². The third-order valence-electron chi connectivity index (χ3n) is 4.15. The van der Waals surface area contributed by atoms with Crippen LogP contribution in [0.25, 0.3) is 16.6 Å². The minimum atomic E-state index is -0.459. The van der Waals surface area contributed by atoms with Crippen molar-refractivity contribution in [2.75, 3.05) is 0 Å². The molecule has 0 spiro atoms. The Morgan fingerprint density at radius 3 is 2.68 bits per heavy atom. The van der Waals surface area contributed by atoms with E-state index in [1.807, 2.05) is 12.1 Å². The average molecular weight is 337 g/mol. The van der Waals surface area contributed by atoms with E-state index in [-0.39, 0.29) is 11.2 Å². The first-order valence-electron chi connectivity index (χ1n) is 8.37. The topological polar surface area (TPSA) is 78.0 Å². The van der Waals surface area contributed by atoms with Crippen LogP contribution in [-0.4, -0.2) is 14.5 Å². The lowest BCUT2D eigenvalue weighted by Gasteiger charge is -2.13. The molecule has 0 aliphatic heterocycles. The summed E-state index contributed by atoms with van der Waals surface area (Å²) in [6.07, 6.45) is 3.67. The van der Waals surface area contributed by atoms with Gasteiger partial charge in [-0.05, 0) is 24.6 Å². The highest BCUT2D eigenvalue weighted by Gasteiger charge is 2.14. The standard InChI is InChI=1S/C19H19N3O3/c1-2-3-4-12-18-20-17-11-6-5-10-16(17)19(23)21(18)14-8-7-9-15(13-14)22(24)25/h5-11,13H,2-4,12H2,1H3. The van der Waals surface area contributed by atoms with Gasteiger partial charge in [0, 0.05) is 18.6 Å². The molecule has 0 fully saturated rings. The monoisotopic (exact) mass is 337 g/mol. The van der Waals surface area contributed by atoms with E-state index in [2.05, 4.69) is 11.9 Å². The Morgan fingerprint density at radius 1 is 1.12 bits per heavy atom. The summed E-state index contributed by atoms with van der Waals surface area (Å²) in [7, 11) is 0. The van der Waals surface area contributed by atoms with Gasteiger partial charge in [-0.3, -0.25) is 19.5 Å². The Kier molecular flexibility index (Phi) is 4.88. The maximum absolute atomic E-state index is 13.0. The van der Waals surface area contributed by atoms with Gasteiger partial charge in [0.1, 0.15) is 5.82 Å². The number of unbranched alkanes of at least 4 members (excludes halogenated alkanes) is 2. The van der Waals surface area contributed by atoms with Crippen LogP contribution in [0.1, 0.15) is 32.0 Å². The van der Waals surface area contributed by atoms with Crippen molar-refractivity contribution in [3.8, 4) is 5.69 Å². The molecule has 0 atom stereocenters. The van der Waals surface area contributed by atoms with Gasteiger partial charge in [0.05, 0.1) is 21.5 Å². The molecule has 3 aromatic rings. The van der Waals surface area contributed by atoms with Gasteiger partial charge in [0.15, 0.2) is 0 Å². The second-order valence-electron chi connectivity index (χ2n) is 5.92. The van der Waals surface area contributed by atoms with Crippen molar-refractivity contribution in [3.05, 3.63) is 74.8 Å². The molecule has 0 radical (unpaired) electrons. The van der Waals surface area contributed by atoms with Crippen LogP contribution in [-0.2, 0) is 6.42 Å². The number of non-ortho nitro benzene ring substituents is 1. The Labute approximate surface area is 144 Å². The van der Waals surface area contributed by atoms with Crippen LogP contribution in [0.3, 0.4) is 0 Å². The first kappa shape index (κ1) is 16.8. The summed E-state index contributed by atoms with van der Waals surface area (Å²) < 4.78 is 1.50. The summed E-state index contributed by atoms with van der Waals surface area (Å²) in [5.74, 6) is 0.637. The van der Waals surface area contributed by atoms with Crippen molar-refractivity contribution in [2.24, 2.45) is 0 Å². The molecule has 1 aromatic heterocycles. The minimum absolute atomic E-state index is 0.0444. The summed E-state index contributed by atoms with van der Waals surface area (Å²) in [5.41, 5.74) is 0.888. The predicted molar refractivity (Wildman–Crippen MR) is 97.2 cm³/mol. The predicted octanol–water partition coefficient (Wildman–Crippen LogP) is 4.03. The van der Waals surface area contributed by atoms with Gasteiger partial charge in [-0.15, -0.1) is 0 Å². The summed E-state index contributed by atoms with van der Waals surface area (Å²) in [6, 6.07) is 13.3. The van der Waals surface area contributed by atoms with E-state index >= 15 is 0 Å². The normalized spacial score (nSPS) is 10.9. The minimum Gasteiger partial charge on any atom is -0.268 e. The number of para-hydroxylation sites is 1. The highest BCUT2D eigenvalue weighted by atomic mass is 16.6. The van der Waals surface area contributed by atoms with Gasteiger partial charge < -0.3 is 0 Å². The quantitative estimate of drug-likeness (QED) is 0.386. The molecule has 3 rings (SSSR count). The Hall–Kier alpha value is -3.02. The van der Waals surface area contributed by atoms with E-state index < -0.39 is 4.92 Å². The molecule has 0 amide bonds. The number of aryl methyl sites for hydroxylation is 1. The molecule has 2 aromatic carbocycles. The number of benzene rings is 2. The molecule has 0 saturated carbocycles. The van der Waals surface area contributed by atoms with Crippen molar-refractivity contribution in [1.29, 1.82) is 0 Å². The van der Waals surface area contributed by atoms with Crippen LogP contribution >= 0.6 is 0 Å². The second kappa shape index (κ2) is 7.25. The lowest BCUT2D eigenvalue weighted by atomic mass is 10.1. The average Bonchev–Trinajstić information content (AvgIpc) is 2.62. The van der Waals surface area contributed by atoms with Gasteiger partial charge in [0.25, 0.3) is 11.2 Å². The molecule has 128 valence electrons. The van der Waals surface area contributed by atoms with E-state index in [1.54, 1.807) is 24.3 Å². The Bertz CT molecular complexity index is 979. The molecule has 1 heterocycles. The molecule has 0 aliphatic carbocycles. The number of nitro groups is 1. The third-order valence-corrected chi connectivity index (χ3v) is 4.15. The SMILES string of the molecule is CCCCCc1nc2ccccc2c(=O)n1-c1cccc([N+](=O)[O-])c1. The molecule has 6 nitrogen and oxygen atoms in total. The molecule has 0 aliphatic rings. The molecule has 25 heavy (non-hydrogen) atoms. The molecule has 0 unspecified atom stereocenters. The molecular formula is C19H19N3O3. The Balaban J connectivity index is 2.22. The number of nitrogens with zero attached hydrogens (tertiary/aromatic N) is 3. The largest absolute Gasteiger partial charge is 0.271 e. The van der Waals surface area contributed by atoms with Gasteiger partial charge in [-0.25, -0.2) is 4.98 Å². The number of rotatable bonds is 6. The van der Waals surface area contributed by atoms with E-state index in [1.165, 1.54) is 16.7 Å². The van der Waals surface area contributed by atoms with E-state index in [0.29, 0.717) is 28.8 Å². The maximum Gasteiger partial charge on any atom is 0.271 e. The zero-order chi connectivity index (χ0) is 17.8. The fourth-order valence-electron chi connectivity index (χ4n) is 2.89. The van der Waals surface area contributed by atoms with Crippen molar-refractivity contribution in [2.45, 2.75) is 32.6 Å². The smallest absolute Gasteiger partial charge is 0.268 e. The molecule has 0 saturated heterocycles.